The number of rotatable bonds is 4. The maximum Gasteiger partial charge on any atom is 0.149 e. The average molecular weight is 368 g/mol. The molecule has 7 heteroatoms. The second kappa shape index (κ2) is 7.13. The number of carbonyl (C=O) groups excluding carboxylic acids is 1. The molecule has 0 bridgehead atoms. The first-order valence-corrected chi connectivity index (χ1v) is 10.3. The van der Waals surface area contributed by atoms with Crippen LogP contribution in [0.3, 0.4) is 0 Å². The number of Topliss-reactive ketones (excluding diaryl/α,β-unsaturated/α-hetero) is 1. The smallest absolute Gasteiger partial charge is 0.149 e. The first-order chi connectivity index (χ1) is 13.3. The summed E-state index contributed by atoms with van der Waals surface area (Å²) in [5.74, 6) is 2.57. The molecule has 0 aromatic carbocycles. The number of nitrogens with zero attached hydrogens (tertiary/aromatic N) is 2. The summed E-state index contributed by atoms with van der Waals surface area (Å²) < 4.78 is 0. The van der Waals surface area contributed by atoms with Crippen LogP contribution in [0, 0.1) is 11.8 Å². The molecule has 1 atom stereocenters. The van der Waals surface area contributed by atoms with Gasteiger partial charge in [0.2, 0.25) is 0 Å². The van der Waals surface area contributed by atoms with Gasteiger partial charge in [0, 0.05) is 24.1 Å². The van der Waals surface area contributed by atoms with Crippen LogP contribution in [-0.4, -0.2) is 34.7 Å². The molecule has 2 aliphatic heterocycles. The Labute approximate surface area is 159 Å². The molecule has 2 aliphatic carbocycles. The maximum atomic E-state index is 12.0. The number of allylic oxidation sites excluding steroid dienone is 1. The summed E-state index contributed by atoms with van der Waals surface area (Å²) in [5.41, 5.74) is 10.3. The molecule has 3 heterocycles. The number of nitrogens with one attached hydrogen (secondary N) is 4. The SMILES string of the molecule is O=C1CCCCC1NC[C@H]1CC[C@H](C2=C3c4cc[nH]c4N=CN3NN2)CC1. The number of fused-ring (bicyclic) bond motifs is 3. The molecule has 2 saturated carbocycles. The van der Waals surface area contributed by atoms with Crippen LogP contribution in [0.25, 0.3) is 5.70 Å². The van der Waals surface area contributed by atoms with Crippen molar-refractivity contribution in [3.63, 3.8) is 0 Å². The summed E-state index contributed by atoms with van der Waals surface area (Å²) >= 11 is 0. The van der Waals surface area contributed by atoms with Crippen LogP contribution in [0.15, 0.2) is 23.0 Å². The fraction of sp³-hybridized carbons (Fsp3) is 0.600. The monoisotopic (exact) mass is 368 g/mol. The van der Waals surface area contributed by atoms with E-state index in [1.165, 1.54) is 43.5 Å². The fourth-order valence-electron chi connectivity index (χ4n) is 4.96. The third-order valence-electron chi connectivity index (χ3n) is 6.55. The lowest BCUT2D eigenvalue weighted by atomic mass is 9.79. The second-order valence-electron chi connectivity index (χ2n) is 8.24. The number of H-pyrrole nitrogens is 1. The lowest BCUT2D eigenvalue weighted by molar-refractivity contribution is -0.122. The van der Waals surface area contributed by atoms with Crippen molar-refractivity contribution in [1.82, 2.24) is 26.3 Å². The molecule has 0 spiro atoms. The van der Waals surface area contributed by atoms with Crippen molar-refractivity contribution in [2.24, 2.45) is 16.8 Å². The van der Waals surface area contributed by atoms with Crippen molar-refractivity contribution >= 4 is 23.6 Å². The Morgan fingerprint density at radius 3 is 2.93 bits per heavy atom. The predicted molar refractivity (Wildman–Crippen MR) is 105 cm³/mol. The molecule has 4 N–H and O–H groups in total. The van der Waals surface area contributed by atoms with Gasteiger partial charge in [-0.15, -0.1) is 5.53 Å². The normalized spacial score (nSPS) is 30.3. The van der Waals surface area contributed by atoms with Gasteiger partial charge in [-0.2, -0.15) is 0 Å². The molecule has 144 valence electrons. The molecular formula is C20H28N6O. The Hall–Kier alpha value is -2.12. The number of hydrazine groups is 2. The summed E-state index contributed by atoms with van der Waals surface area (Å²) in [6.45, 7) is 0.988. The van der Waals surface area contributed by atoms with Gasteiger partial charge in [-0.05, 0) is 57.1 Å². The number of aromatic amines is 1. The minimum absolute atomic E-state index is 0.115. The van der Waals surface area contributed by atoms with Crippen molar-refractivity contribution in [2.75, 3.05) is 6.54 Å². The van der Waals surface area contributed by atoms with Crippen molar-refractivity contribution < 1.29 is 4.79 Å². The lowest BCUT2D eigenvalue weighted by Gasteiger charge is -2.31. The number of hydrogen-bond acceptors (Lipinski definition) is 6. The first kappa shape index (κ1) is 17.0. The predicted octanol–water partition coefficient (Wildman–Crippen LogP) is 2.59. The van der Waals surface area contributed by atoms with E-state index in [4.69, 9.17) is 0 Å². The van der Waals surface area contributed by atoms with Crippen LogP contribution in [0.4, 0.5) is 5.82 Å². The van der Waals surface area contributed by atoms with Gasteiger partial charge in [-0.1, -0.05) is 6.42 Å². The van der Waals surface area contributed by atoms with Gasteiger partial charge in [-0.3, -0.25) is 4.79 Å². The molecule has 5 rings (SSSR count). The van der Waals surface area contributed by atoms with E-state index in [1.807, 2.05) is 17.5 Å². The number of aromatic nitrogens is 1. The number of hydrogen-bond donors (Lipinski definition) is 4. The molecule has 7 nitrogen and oxygen atoms in total. The van der Waals surface area contributed by atoms with Crippen LogP contribution < -0.4 is 16.3 Å². The molecule has 1 unspecified atom stereocenters. The van der Waals surface area contributed by atoms with E-state index in [0.717, 1.165) is 37.2 Å². The van der Waals surface area contributed by atoms with E-state index in [0.29, 0.717) is 17.6 Å². The van der Waals surface area contributed by atoms with Crippen LogP contribution >= 0.6 is 0 Å². The molecule has 4 aliphatic rings. The van der Waals surface area contributed by atoms with Crippen molar-refractivity contribution in [3.8, 4) is 0 Å². The van der Waals surface area contributed by atoms with E-state index in [2.05, 4.69) is 32.3 Å². The molecule has 0 radical (unpaired) electrons. The minimum Gasteiger partial charge on any atom is -0.346 e. The second-order valence-corrected chi connectivity index (χ2v) is 8.24. The molecule has 0 saturated heterocycles. The molecule has 1 aromatic rings. The summed E-state index contributed by atoms with van der Waals surface area (Å²) in [5, 5.41) is 5.54. The maximum absolute atomic E-state index is 12.0. The molecular weight excluding hydrogens is 340 g/mol. The van der Waals surface area contributed by atoms with Gasteiger partial charge >= 0.3 is 0 Å². The quantitative estimate of drug-likeness (QED) is 0.656. The molecule has 0 amide bonds. The van der Waals surface area contributed by atoms with Gasteiger partial charge in [0.1, 0.15) is 17.9 Å². The summed E-state index contributed by atoms with van der Waals surface area (Å²) in [4.78, 5) is 19.6. The van der Waals surface area contributed by atoms with Gasteiger partial charge < -0.3 is 15.7 Å². The first-order valence-electron chi connectivity index (χ1n) is 10.3. The van der Waals surface area contributed by atoms with E-state index >= 15 is 0 Å². The Morgan fingerprint density at radius 2 is 2.07 bits per heavy atom. The zero-order valence-electron chi connectivity index (χ0n) is 15.6. The van der Waals surface area contributed by atoms with Crippen molar-refractivity contribution in [3.05, 3.63) is 23.5 Å². The van der Waals surface area contributed by atoms with Crippen molar-refractivity contribution in [1.29, 1.82) is 0 Å². The summed E-state index contributed by atoms with van der Waals surface area (Å²) in [6, 6.07) is 2.21. The Morgan fingerprint density at radius 1 is 1.19 bits per heavy atom. The highest BCUT2D eigenvalue weighted by molar-refractivity contribution is 5.88. The van der Waals surface area contributed by atoms with E-state index in [-0.39, 0.29) is 6.04 Å². The summed E-state index contributed by atoms with van der Waals surface area (Å²) in [6.07, 6.45) is 12.6. The van der Waals surface area contributed by atoms with E-state index < -0.39 is 0 Å². The summed E-state index contributed by atoms with van der Waals surface area (Å²) in [7, 11) is 0. The standard InChI is InChI=1S/C20H28N6O/c27-17-4-2-1-3-16(17)22-11-13-5-7-14(8-6-13)18-19-15-9-10-21-20(15)23-12-26(19)25-24-18/h9-10,12-14,16,21-22,24-25H,1-8,11H2/t13-,14-,16?. The van der Waals surface area contributed by atoms with Crippen LogP contribution in [0.2, 0.25) is 0 Å². The van der Waals surface area contributed by atoms with E-state index in [1.54, 1.807) is 0 Å². The van der Waals surface area contributed by atoms with Crippen LogP contribution in [0.1, 0.15) is 56.9 Å². The topological polar surface area (TPSA) is 84.5 Å². The zero-order valence-corrected chi connectivity index (χ0v) is 15.6. The van der Waals surface area contributed by atoms with E-state index in [9.17, 15) is 4.79 Å². The number of aliphatic imine (C=N–C) groups is 1. The van der Waals surface area contributed by atoms with Gasteiger partial charge in [0.25, 0.3) is 0 Å². The highest BCUT2D eigenvalue weighted by Crippen LogP contribution is 2.40. The highest BCUT2D eigenvalue weighted by atomic mass is 16.1. The zero-order chi connectivity index (χ0) is 18.2. The van der Waals surface area contributed by atoms with Gasteiger partial charge in [-0.25, -0.2) is 10.0 Å². The average Bonchev–Trinajstić information content (AvgIpc) is 3.34. The lowest BCUT2D eigenvalue weighted by Crippen LogP contribution is -2.42. The Kier molecular flexibility index (Phi) is 4.49. The number of ketones is 1. The van der Waals surface area contributed by atoms with Crippen molar-refractivity contribution in [2.45, 2.75) is 57.4 Å². The Bertz CT molecular complexity index is 773. The third-order valence-corrected chi connectivity index (χ3v) is 6.55. The highest BCUT2D eigenvalue weighted by Gasteiger charge is 2.34. The van der Waals surface area contributed by atoms with Gasteiger partial charge in [0.05, 0.1) is 17.4 Å². The third kappa shape index (κ3) is 3.19. The van der Waals surface area contributed by atoms with Gasteiger partial charge in [0.15, 0.2) is 0 Å². The number of carbonyl (C=O) groups is 1. The molecule has 27 heavy (non-hydrogen) atoms. The Balaban J connectivity index is 1.21. The van der Waals surface area contributed by atoms with Crippen LogP contribution in [0.5, 0.6) is 0 Å². The fourth-order valence-corrected chi connectivity index (χ4v) is 4.96. The molecule has 1 aromatic heterocycles. The van der Waals surface area contributed by atoms with Crippen LogP contribution in [-0.2, 0) is 4.79 Å². The largest absolute Gasteiger partial charge is 0.346 e. The minimum atomic E-state index is 0.115. The molecule has 2 fully saturated rings.